The van der Waals surface area contributed by atoms with Crippen LogP contribution >= 0.6 is 0 Å². The molecule has 16 N–H and O–H groups in total. The molecule has 486 valence electrons. The average Bonchev–Trinajstić information content (AvgIpc) is 4.11. The number of amides is 10. The summed E-state index contributed by atoms with van der Waals surface area (Å²) in [4.78, 5) is 171. The van der Waals surface area contributed by atoms with Crippen LogP contribution in [0.1, 0.15) is 135 Å². The first-order chi connectivity index (χ1) is 41.1. The van der Waals surface area contributed by atoms with Gasteiger partial charge in [0.05, 0.1) is 58.9 Å². The Morgan fingerprint density at radius 2 is 1.08 bits per heavy atom. The molecule has 1 aromatic heterocycles. The van der Waals surface area contributed by atoms with Crippen molar-refractivity contribution in [1.29, 1.82) is 0 Å². The number of nitrogens with two attached hydrogens (primary N) is 1. The first-order valence-electron chi connectivity index (χ1n) is 29.0. The molecule has 0 radical (unpaired) electrons. The molecule has 10 amide bonds. The molecule has 1 heterocycles. The first-order valence-corrected chi connectivity index (χ1v) is 29.0. The Labute approximate surface area is 499 Å². The number of H-pyrrole nitrogens is 1. The molecule has 0 saturated heterocycles. The van der Waals surface area contributed by atoms with Crippen molar-refractivity contribution in [3.8, 4) is 0 Å². The van der Waals surface area contributed by atoms with E-state index in [9.17, 15) is 77.6 Å². The van der Waals surface area contributed by atoms with Gasteiger partial charge in [0, 0.05) is 57.7 Å². The third-order valence-electron chi connectivity index (χ3n) is 12.9. The molecule has 1 aromatic rings. The van der Waals surface area contributed by atoms with Crippen LogP contribution in [-0.4, -0.2) is 222 Å². The van der Waals surface area contributed by atoms with Crippen molar-refractivity contribution in [2.45, 2.75) is 166 Å². The van der Waals surface area contributed by atoms with Crippen molar-refractivity contribution in [2.24, 2.45) is 5.73 Å². The van der Waals surface area contributed by atoms with E-state index in [1.165, 1.54) is 38.8 Å². The molecule has 0 aromatic carbocycles. The number of primary amides is 1. The molecule has 32 nitrogen and oxygen atoms in total. The molecule has 5 unspecified atom stereocenters. The number of imidazole rings is 1. The number of carbonyl (C=O) groups excluding carboxylic acids is 10. The number of aromatic nitrogens is 2. The summed E-state index contributed by atoms with van der Waals surface area (Å²) in [5.74, 6) is -12.2. The van der Waals surface area contributed by atoms with E-state index < -0.39 is 160 Å². The summed E-state index contributed by atoms with van der Waals surface area (Å²) < 4.78 is 10.7. The van der Waals surface area contributed by atoms with Crippen molar-refractivity contribution in [1.82, 2.24) is 62.7 Å². The number of unbranched alkanes of at least 4 members (excludes halogenated alkanes) is 12. The maximum atomic E-state index is 14.2. The van der Waals surface area contributed by atoms with E-state index in [0.29, 0.717) is 19.3 Å². The number of hydrogen-bond acceptors (Lipinski definition) is 18. The summed E-state index contributed by atoms with van der Waals surface area (Å²) in [5.41, 5.74) is 5.61. The van der Waals surface area contributed by atoms with Gasteiger partial charge in [-0.2, -0.15) is 0 Å². The molecule has 0 aliphatic heterocycles. The van der Waals surface area contributed by atoms with Crippen LogP contribution in [0.15, 0.2) is 12.5 Å². The molecule has 0 spiro atoms. The number of ether oxygens (including phenoxy) is 2. The number of nitrogens with zero attached hydrogens (tertiary/aromatic N) is 2. The van der Waals surface area contributed by atoms with E-state index >= 15 is 0 Å². The Kier molecular flexibility index (Phi) is 41.1. The fraction of sp³-hybridized carbons (Fsp3) is 0.704. The number of nitrogens with one attached hydrogen (secondary N) is 10. The van der Waals surface area contributed by atoms with E-state index in [4.69, 9.17) is 20.3 Å². The molecule has 0 bridgehead atoms. The molecular formula is C54H91N13O19. The lowest BCUT2D eigenvalue weighted by atomic mass is 10.0. The minimum atomic E-state index is -1.73. The van der Waals surface area contributed by atoms with Gasteiger partial charge in [-0.25, -0.2) is 4.98 Å². The number of carboxylic acid groups (broad SMARTS) is 3. The average molecular weight is 1230 g/mol. The fourth-order valence-corrected chi connectivity index (χ4v) is 8.29. The van der Waals surface area contributed by atoms with E-state index in [2.05, 4.69) is 57.8 Å². The Morgan fingerprint density at radius 1 is 0.547 bits per heavy atom. The zero-order valence-electron chi connectivity index (χ0n) is 49.3. The van der Waals surface area contributed by atoms with Crippen LogP contribution in [0.25, 0.3) is 0 Å². The Bertz CT molecular complexity index is 2260. The van der Waals surface area contributed by atoms with Crippen LogP contribution in [0.3, 0.4) is 0 Å². The number of aromatic amines is 1. The smallest absolute Gasteiger partial charge is 0.317 e. The second kappa shape index (κ2) is 46.4. The summed E-state index contributed by atoms with van der Waals surface area (Å²) in [6, 6.07) is -7.88. The lowest BCUT2D eigenvalue weighted by Gasteiger charge is -2.27. The van der Waals surface area contributed by atoms with Crippen molar-refractivity contribution in [3.05, 3.63) is 18.2 Å². The fourth-order valence-electron chi connectivity index (χ4n) is 8.29. The minimum Gasteiger partial charge on any atom is -0.481 e. The molecule has 86 heavy (non-hydrogen) atoms. The van der Waals surface area contributed by atoms with Crippen LogP contribution in [0, 0.1) is 0 Å². The molecule has 0 fully saturated rings. The van der Waals surface area contributed by atoms with Gasteiger partial charge < -0.3 is 88.5 Å². The highest BCUT2D eigenvalue weighted by Gasteiger charge is 2.34. The van der Waals surface area contributed by atoms with Gasteiger partial charge in [-0.05, 0) is 25.7 Å². The van der Waals surface area contributed by atoms with Gasteiger partial charge >= 0.3 is 17.9 Å². The highest BCUT2D eigenvalue weighted by molar-refractivity contribution is 5.97. The van der Waals surface area contributed by atoms with Crippen molar-refractivity contribution < 1.29 is 92.2 Å². The van der Waals surface area contributed by atoms with Gasteiger partial charge in [-0.1, -0.05) is 84.0 Å². The number of carboxylic acids is 3. The van der Waals surface area contributed by atoms with E-state index in [0.717, 1.165) is 62.7 Å². The van der Waals surface area contributed by atoms with Gasteiger partial charge in [0.2, 0.25) is 59.1 Å². The lowest BCUT2D eigenvalue weighted by molar-refractivity contribution is -0.143. The number of aliphatic hydroxyl groups is 1. The third kappa shape index (κ3) is 38.2. The van der Waals surface area contributed by atoms with Crippen molar-refractivity contribution >= 4 is 77.0 Å². The van der Waals surface area contributed by atoms with Crippen LogP contribution in [0.5, 0.6) is 0 Å². The zero-order valence-corrected chi connectivity index (χ0v) is 49.3. The Morgan fingerprint density at radius 3 is 1.63 bits per heavy atom. The normalized spacial score (nSPS) is 12.7. The number of aliphatic carboxylic acids is 3. The Hall–Kier alpha value is -7.84. The predicted molar refractivity (Wildman–Crippen MR) is 306 cm³/mol. The number of likely N-dealkylation sites (N-methyl/N-ethyl adjacent to an activating group) is 1. The maximum Gasteiger partial charge on any atom is 0.317 e. The largest absolute Gasteiger partial charge is 0.481 e. The molecule has 0 aliphatic carbocycles. The molecule has 32 heteroatoms. The SMILES string of the molecule is CCCCC(NC(=O)C(CNC(=O)CN(CC(=O)O)CC(=O)O)NC(=O)C(Cc1cnc[nH]1)NC(=O)C(CCC(N)=O)NC(=O)C(CO)NC(=O)CNC(=O)COCCOCCNC(=O)CCCCCCCCCCCCCCC(=O)O)C(=O)NC. The summed E-state index contributed by atoms with van der Waals surface area (Å²) in [6.45, 7) is -2.90. The highest BCUT2D eigenvalue weighted by Crippen LogP contribution is 2.13. The zero-order chi connectivity index (χ0) is 64.1. The molecule has 5 atom stereocenters. The van der Waals surface area contributed by atoms with Gasteiger partial charge in [-0.3, -0.25) is 67.2 Å². The van der Waals surface area contributed by atoms with Crippen LogP contribution in [0.2, 0.25) is 0 Å². The second-order valence-electron chi connectivity index (χ2n) is 20.3. The maximum absolute atomic E-state index is 14.2. The summed E-state index contributed by atoms with van der Waals surface area (Å²) in [6.07, 6.45) is 15.7. The number of hydrogen-bond donors (Lipinski definition) is 15. The quantitative estimate of drug-likeness (QED) is 0.0289. The molecule has 1 rings (SSSR count). The van der Waals surface area contributed by atoms with Gasteiger partial charge in [0.1, 0.15) is 36.8 Å². The molecular weight excluding hydrogens is 1130 g/mol. The second-order valence-corrected chi connectivity index (χ2v) is 20.3. The van der Waals surface area contributed by atoms with Crippen LogP contribution < -0.4 is 53.6 Å². The summed E-state index contributed by atoms with van der Waals surface area (Å²) >= 11 is 0. The monoisotopic (exact) mass is 1230 g/mol. The van der Waals surface area contributed by atoms with Gasteiger partial charge in [0.25, 0.3) is 0 Å². The third-order valence-corrected chi connectivity index (χ3v) is 12.9. The summed E-state index contributed by atoms with van der Waals surface area (Å²) in [5, 5.41) is 58.9. The number of rotatable bonds is 52. The van der Waals surface area contributed by atoms with Gasteiger partial charge in [-0.15, -0.1) is 0 Å². The molecule has 0 saturated carbocycles. The highest BCUT2D eigenvalue weighted by atomic mass is 16.5. The summed E-state index contributed by atoms with van der Waals surface area (Å²) in [7, 11) is 1.33. The standard InChI is InChI=1S/C54H91N13O19/c1-3-4-17-37(50(80)56-2)63-53(83)40(28-59-45(72)30-67(31-48(76)77)32-49(78)79)66-52(82)39(26-36-27-57-35-61-36)65-51(81)38(20-21-42(55)69)64-54(84)41(33-68)62-44(71)29-60-46(73)34-86-25-24-85-23-22-58-43(70)18-15-13-11-9-7-5-6-8-10-12-14-16-19-47(74)75/h27,35,37-41,68H,3-26,28-34H2,1-2H3,(H2,55,69)(H,56,80)(H,57,61)(H,58,70)(H,59,72)(H,60,73)(H,62,71)(H,63,83)(H,64,84)(H,65,81)(H,66,82)(H,74,75)(H,76,77)(H,78,79). The molecule has 0 aliphatic rings. The minimum absolute atomic E-state index is 0.00196. The van der Waals surface area contributed by atoms with E-state index in [1.807, 2.05) is 6.92 Å². The number of aliphatic hydroxyl groups excluding tert-OH is 1. The van der Waals surface area contributed by atoms with Gasteiger partial charge in [0.15, 0.2) is 0 Å². The number of carbonyl (C=O) groups is 13. The van der Waals surface area contributed by atoms with E-state index in [1.54, 1.807) is 0 Å². The van der Waals surface area contributed by atoms with Crippen LogP contribution in [0.4, 0.5) is 0 Å². The topological polar surface area (TPSA) is 487 Å². The predicted octanol–water partition coefficient (Wildman–Crippen LogP) is -3.03. The van der Waals surface area contributed by atoms with Crippen molar-refractivity contribution in [2.75, 3.05) is 79.4 Å². The lowest BCUT2D eigenvalue weighted by Crippen LogP contribution is -2.61. The van der Waals surface area contributed by atoms with Crippen molar-refractivity contribution in [3.63, 3.8) is 0 Å². The van der Waals surface area contributed by atoms with Crippen LogP contribution in [-0.2, 0) is 78.2 Å². The first kappa shape index (κ1) is 76.2. The Balaban J connectivity index is 2.81. The van der Waals surface area contributed by atoms with E-state index in [-0.39, 0.29) is 57.2 Å².